The van der Waals surface area contributed by atoms with Gasteiger partial charge in [0, 0.05) is 0 Å². The molecule has 13 heavy (non-hydrogen) atoms. The van der Waals surface area contributed by atoms with Crippen LogP contribution in [0.15, 0.2) is 29.2 Å². The molecule has 0 unspecified atom stereocenters. The zero-order valence-corrected chi connectivity index (χ0v) is 7.28. The van der Waals surface area contributed by atoms with Crippen LogP contribution in [0.3, 0.4) is 0 Å². The van der Waals surface area contributed by atoms with Crippen molar-refractivity contribution in [2.75, 3.05) is 5.48 Å². The van der Waals surface area contributed by atoms with Gasteiger partial charge in [0.15, 0.2) is 0 Å². The number of nitrogens with one attached hydrogen (secondary N) is 1. The minimum atomic E-state index is -3.67. The molecule has 72 valence electrons. The van der Waals surface area contributed by atoms with Crippen LogP contribution in [0.2, 0.25) is 0 Å². The van der Waals surface area contributed by atoms with Gasteiger partial charge in [-0.3, -0.25) is 0 Å². The van der Waals surface area contributed by atoms with Crippen molar-refractivity contribution in [3.8, 4) is 0 Å². The van der Waals surface area contributed by atoms with E-state index in [0.29, 0.717) is 5.69 Å². The predicted molar refractivity (Wildman–Crippen MR) is 45.2 cm³/mol. The largest absolute Gasteiger partial charge is 0.238 e. The summed E-state index contributed by atoms with van der Waals surface area (Å²) in [5.74, 6) is 0. The van der Waals surface area contributed by atoms with Crippen molar-refractivity contribution in [3.63, 3.8) is 0 Å². The van der Waals surface area contributed by atoms with E-state index in [1.807, 2.05) is 0 Å². The third-order valence-electron chi connectivity index (χ3n) is 1.35. The Bertz CT molecular complexity index is 372. The summed E-state index contributed by atoms with van der Waals surface area (Å²) in [6.45, 7) is 0. The molecule has 0 saturated heterocycles. The Morgan fingerprint density at radius 1 is 1.31 bits per heavy atom. The summed E-state index contributed by atoms with van der Waals surface area (Å²) in [4.78, 5) is 3.62. The number of primary sulfonamides is 1. The Kier molecular flexibility index (Phi) is 2.83. The second kappa shape index (κ2) is 3.71. The fourth-order valence-electron chi connectivity index (χ4n) is 0.765. The monoisotopic (exact) mass is 204 g/mol. The molecular weight excluding hydrogens is 196 g/mol. The summed E-state index contributed by atoms with van der Waals surface area (Å²) in [7, 11) is -3.67. The number of benzene rings is 1. The number of anilines is 1. The van der Waals surface area contributed by atoms with Crippen LogP contribution in [0.1, 0.15) is 0 Å². The lowest BCUT2D eigenvalue weighted by Crippen LogP contribution is -2.11. The summed E-state index contributed by atoms with van der Waals surface area (Å²) in [5.41, 5.74) is 2.52. The molecule has 0 amide bonds. The van der Waals surface area contributed by atoms with Gasteiger partial charge >= 0.3 is 0 Å². The molecule has 1 aromatic carbocycles. The van der Waals surface area contributed by atoms with Crippen molar-refractivity contribution in [2.45, 2.75) is 4.90 Å². The molecule has 0 atom stereocenters. The molecule has 0 radical (unpaired) electrons. The fraction of sp³-hybridized carbons (Fsp3) is 0. The number of hydrogen-bond acceptors (Lipinski definition) is 5. The molecule has 0 aromatic heterocycles. The highest BCUT2D eigenvalue weighted by Gasteiger charge is 2.06. The minimum Gasteiger partial charge on any atom is -0.236 e. The SMILES string of the molecule is NS(=O)(=O)c1ccc(NOO)cc1. The van der Waals surface area contributed by atoms with Crippen LogP contribution in [0.5, 0.6) is 0 Å². The number of nitrogens with two attached hydrogens (primary N) is 1. The molecule has 7 heteroatoms. The van der Waals surface area contributed by atoms with Gasteiger partial charge in [-0.15, -0.1) is 4.99 Å². The first kappa shape index (κ1) is 9.93. The van der Waals surface area contributed by atoms with Gasteiger partial charge in [0.2, 0.25) is 10.0 Å². The predicted octanol–water partition coefficient (Wildman–Crippen LogP) is 0.151. The summed E-state index contributed by atoms with van der Waals surface area (Å²) >= 11 is 0. The maximum atomic E-state index is 10.8. The minimum absolute atomic E-state index is 0.00371. The van der Waals surface area contributed by atoms with Crippen molar-refractivity contribution in [1.29, 1.82) is 0 Å². The highest BCUT2D eigenvalue weighted by Crippen LogP contribution is 2.11. The molecule has 1 aromatic rings. The second-order valence-electron chi connectivity index (χ2n) is 2.26. The van der Waals surface area contributed by atoms with Gasteiger partial charge in [-0.1, -0.05) is 0 Å². The molecule has 0 bridgehead atoms. The molecular formula is C6H8N2O4S. The topological polar surface area (TPSA) is 102 Å². The van der Waals surface area contributed by atoms with Crippen LogP contribution < -0.4 is 10.6 Å². The standard InChI is InChI=1S/C6H8N2O4S/c7-13(10,11)6-3-1-5(2-4-6)8-12-9/h1-4,8-9H,(H2,7,10,11). The molecule has 0 heterocycles. The Balaban J connectivity index is 2.94. The van der Waals surface area contributed by atoms with Gasteiger partial charge in [0.05, 0.1) is 10.6 Å². The summed E-state index contributed by atoms with van der Waals surface area (Å²) < 4.78 is 21.6. The van der Waals surface area contributed by atoms with Crippen LogP contribution >= 0.6 is 0 Å². The van der Waals surface area contributed by atoms with E-state index < -0.39 is 10.0 Å². The highest BCUT2D eigenvalue weighted by molar-refractivity contribution is 7.89. The van der Waals surface area contributed by atoms with Gasteiger partial charge in [-0.05, 0) is 24.3 Å². The number of sulfonamides is 1. The lowest BCUT2D eigenvalue weighted by atomic mass is 10.3. The number of hydrogen-bond donors (Lipinski definition) is 3. The molecule has 1 rings (SSSR count). The summed E-state index contributed by atoms with van der Waals surface area (Å²) in [6.07, 6.45) is 0. The van der Waals surface area contributed by atoms with Gasteiger partial charge in [-0.2, -0.15) is 0 Å². The molecule has 6 nitrogen and oxygen atoms in total. The summed E-state index contributed by atoms with van der Waals surface area (Å²) in [5, 5.41) is 12.8. The van der Waals surface area contributed by atoms with Crippen molar-refractivity contribution in [3.05, 3.63) is 24.3 Å². The molecule has 0 spiro atoms. The summed E-state index contributed by atoms with van der Waals surface area (Å²) in [6, 6.07) is 5.37. The maximum absolute atomic E-state index is 10.8. The first-order valence-electron chi connectivity index (χ1n) is 3.23. The van der Waals surface area contributed by atoms with Gasteiger partial charge in [0.1, 0.15) is 0 Å². The van der Waals surface area contributed by atoms with E-state index in [-0.39, 0.29) is 4.90 Å². The van der Waals surface area contributed by atoms with E-state index in [4.69, 9.17) is 10.4 Å². The molecule has 4 N–H and O–H groups in total. The Morgan fingerprint density at radius 3 is 2.23 bits per heavy atom. The average molecular weight is 204 g/mol. The molecule has 0 aliphatic heterocycles. The zero-order chi connectivity index (χ0) is 9.90. The molecule has 0 saturated carbocycles. The van der Waals surface area contributed by atoms with Gasteiger partial charge in [-0.25, -0.2) is 24.3 Å². The van der Waals surface area contributed by atoms with Crippen molar-refractivity contribution in [1.82, 2.24) is 0 Å². The van der Waals surface area contributed by atoms with E-state index in [1.54, 1.807) is 0 Å². The van der Waals surface area contributed by atoms with Crippen LogP contribution in [-0.4, -0.2) is 13.7 Å². The van der Waals surface area contributed by atoms with Crippen molar-refractivity contribution >= 4 is 15.7 Å². The zero-order valence-electron chi connectivity index (χ0n) is 6.47. The van der Waals surface area contributed by atoms with Crippen LogP contribution in [-0.2, 0) is 15.0 Å². The quantitative estimate of drug-likeness (QED) is 0.480. The maximum Gasteiger partial charge on any atom is 0.238 e. The average Bonchev–Trinajstić information content (AvgIpc) is 2.04. The third-order valence-corrected chi connectivity index (χ3v) is 2.28. The third kappa shape index (κ3) is 2.67. The van der Waals surface area contributed by atoms with Gasteiger partial charge in [0.25, 0.3) is 0 Å². The van der Waals surface area contributed by atoms with E-state index in [2.05, 4.69) is 10.5 Å². The molecule has 0 fully saturated rings. The van der Waals surface area contributed by atoms with Crippen molar-refractivity contribution < 1.29 is 18.7 Å². The lowest BCUT2D eigenvalue weighted by Gasteiger charge is -2.01. The second-order valence-corrected chi connectivity index (χ2v) is 3.82. The lowest BCUT2D eigenvalue weighted by molar-refractivity contribution is -0.215. The first-order chi connectivity index (χ1) is 6.04. The smallest absolute Gasteiger partial charge is 0.236 e. The number of rotatable bonds is 3. The normalized spacial score (nSPS) is 11.2. The highest BCUT2D eigenvalue weighted by atomic mass is 32.2. The first-order valence-corrected chi connectivity index (χ1v) is 4.78. The Hall–Kier alpha value is -1.15. The van der Waals surface area contributed by atoms with Crippen LogP contribution in [0.25, 0.3) is 0 Å². The Labute approximate surface area is 74.9 Å². The molecule has 0 aliphatic rings. The van der Waals surface area contributed by atoms with Crippen molar-refractivity contribution in [2.24, 2.45) is 5.14 Å². The van der Waals surface area contributed by atoms with Gasteiger partial charge < -0.3 is 0 Å². The fourth-order valence-corrected chi connectivity index (χ4v) is 1.28. The van der Waals surface area contributed by atoms with E-state index in [0.717, 1.165) is 0 Å². The van der Waals surface area contributed by atoms with Crippen LogP contribution in [0.4, 0.5) is 5.69 Å². The van der Waals surface area contributed by atoms with E-state index in [1.165, 1.54) is 24.3 Å². The van der Waals surface area contributed by atoms with E-state index in [9.17, 15) is 8.42 Å². The molecule has 0 aliphatic carbocycles. The van der Waals surface area contributed by atoms with E-state index >= 15 is 0 Å². The van der Waals surface area contributed by atoms with Crippen LogP contribution in [0, 0.1) is 0 Å². The Morgan fingerprint density at radius 2 is 1.85 bits per heavy atom.